The van der Waals surface area contributed by atoms with Crippen LogP contribution in [0.3, 0.4) is 0 Å². The highest BCUT2D eigenvalue weighted by Gasteiger charge is 2.08. The number of hydrogen-bond acceptors (Lipinski definition) is 1. The molecular formula is C9H10BrClO. The first-order chi connectivity index (χ1) is 5.65. The third-order valence-corrected chi connectivity index (χ3v) is 2.64. The summed E-state index contributed by atoms with van der Waals surface area (Å²) in [5.74, 6) is 0.224. The van der Waals surface area contributed by atoms with Gasteiger partial charge >= 0.3 is 0 Å². The molecule has 3 heteroatoms. The number of aryl methyl sites for hydroxylation is 1. The van der Waals surface area contributed by atoms with E-state index >= 15 is 0 Å². The molecule has 0 aliphatic rings. The van der Waals surface area contributed by atoms with E-state index in [-0.39, 0.29) is 5.88 Å². The Kier molecular flexibility index (Phi) is 3.56. The van der Waals surface area contributed by atoms with Crippen LogP contribution in [0, 0.1) is 6.92 Å². The second-order valence-electron chi connectivity index (χ2n) is 2.70. The van der Waals surface area contributed by atoms with Crippen molar-refractivity contribution in [1.82, 2.24) is 0 Å². The number of alkyl halides is 1. The average molecular weight is 250 g/mol. The van der Waals surface area contributed by atoms with Crippen LogP contribution in [-0.4, -0.2) is 11.0 Å². The second-order valence-corrected chi connectivity index (χ2v) is 3.86. The quantitative estimate of drug-likeness (QED) is 0.799. The zero-order chi connectivity index (χ0) is 9.14. The molecule has 1 aromatic carbocycles. The molecule has 0 saturated carbocycles. The van der Waals surface area contributed by atoms with Gasteiger partial charge in [-0.3, -0.25) is 0 Å². The van der Waals surface area contributed by atoms with Crippen molar-refractivity contribution in [3.8, 4) is 0 Å². The normalized spacial score (nSPS) is 13.0. The van der Waals surface area contributed by atoms with E-state index in [1.165, 1.54) is 0 Å². The summed E-state index contributed by atoms with van der Waals surface area (Å²) in [7, 11) is 0. The van der Waals surface area contributed by atoms with E-state index in [0.717, 1.165) is 15.6 Å². The Balaban J connectivity index is 3.01. The molecule has 0 bridgehead atoms. The van der Waals surface area contributed by atoms with E-state index in [1.54, 1.807) is 0 Å². The minimum Gasteiger partial charge on any atom is -0.387 e. The topological polar surface area (TPSA) is 20.2 Å². The van der Waals surface area contributed by atoms with E-state index in [2.05, 4.69) is 15.9 Å². The maximum atomic E-state index is 9.44. The molecule has 1 rings (SSSR count). The molecule has 0 heterocycles. The molecule has 1 N–H and O–H groups in total. The standard InChI is InChI=1S/C9H10BrClO/c1-6-2-3-7(8(10)4-6)9(12)5-11/h2-4,9,12H,5H2,1H3. The van der Waals surface area contributed by atoms with E-state index in [9.17, 15) is 5.11 Å². The summed E-state index contributed by atoms with van der Waals surface area (Å²) in [5, 5.41) is 9.44. The van der Waals surface area contributed by atoms with Crippen LogP contribution in [0.1, 0.15) is 17.2 Å². The van der Waals surface area contributed by atoms with Gasteiger partial charge in [0.25, 0.3) is 0 Å². The summed E-state index contributed by atoms with van der Waals surface area (Å²) in [4.78, 5) is 0. The van der Waals surface area contributed by atoms with Gasteiger partial charge in [0, 0.05) is 4.47 Å². The Bertz CT molecular complexity index is 275. The maximum absolute atomic E-state index is 9.44. The van der Waals surface area contributed by atoms with Crippen LogP contribution in [0.25, 0.3) is 0 Å². The van der Waals surface area contributed by atoms with Gasteiger partial charge in [-0.25, -0.2) is 0 Å². The van der Waals surface area contributed by atoms with Gasteiger partial charge in [-0.2, -0.15) is 0 Å². The Morgan fingerprint density at radius 1 is 1.58 bits per heavy atom. The van der Waals surface area contributed by atoms with Gasteiger partial charge < -0.3 is 5.11 Å². The molecule has 0 radical (unpaired) electrons. The lowest BCUT2D eigenvalue weighted by molar-refractivity contribution is 0.202. The molecule has 0 fully saturated rings. The fraction of sp³-hybridized carbons (Fsp3) is 0.333. The van der Waals surface area contributed by atoms with E-state index < -0.39 is 6.10 Å². The lowest BCUT2D eigenvalue weighted by atomic mass is 10.1. The molecule has 1 nitrogen and oxygen atoms in total. The highest BCUT2D eigenvalue weighted by molar-refractivity contribution is 9.10. The molecule has 0 aliphatic heterocycles. The second kappa shape index (κ2) is 4.26. The molecular weight excluding hydrogens is 239 g/mol. The van der Waals surface area contributed by atoms with E-state index in [0.29, 0.717) is 0 Å². The van der Waals surface area contributed by atoms with Crippen LogP contribution in [0.4, 0.5) is 0 Å². The average Bonchev–Trinajstić information content (AvgIpc) is 2.03. The molecule has 0 aromatic heterocycles. The summed E-state index contributed by atoms with van der Waals surface area (Å²) < 4.78 is 0.913. The third kappa shape index (κ3) is 2.22. The molecule has 0 spiro atoms. The smallest absolute Gasteiger partial charge is 0.0936 e. The minimum absolute atomic E-state index is 0.224. The number of halogens is 2. The molecule has 1 unspecified atom stereocenters. The predicted molar refractivity (Wildman–Crippen MR) is 54.6 cm³/mol. The first-order valence-corrected chi connectivity index (χ1v) is 4.98. The molecule has 66 valence electrons. The van der Waals surface area contributed by atoms with Crippen LogP contribution < -0.4 is 0 Å². The summed E-state index contributed by atoms with van der Waals surface area (Å²) in [5.41, 5.74) is 2.00. The van der Waals surface area contributed by atoms with Gasteiger partial charge in [0.05, 0.1) is 12.0 Å². The van der Waals surface area contributed by atoms with Crippen molar-refractivity contribution in [1.29, 1.82) is 0 Å². The fourth-order valence-corrected chi connectivity index (χ4v) is 1.91. The van der Waals surface area contributed by atoms with Gasteiger partial charge in [0.2, 0.25) is 0 Å². The highest BCUT2D eigenvalue weighted by Crippen LogP contribution is 2.25. The van der Waals surface area contributed by atoms with Gasteiger partial charge in [-0.15, -0.1) is 11.6 Å². The van der Waals surface area contributed by atoms with Crippen molar-refractivity contribution >= 4 is 27.5 Å². The van der Waals surface area contributed by atoms with Crippen molar-refractivity contribution in [2.75, 3.05) is 5.88 Å². The van der Waals surface area contributed by atoms with Gasteiger partial charge in [-0.05, 0) is 24.1 Å². The number of aliphatic hydroxyl groups is 1. The fourth-order valence-electron chi connectivity index (χ4n) is 0.986. The van der Waals surface area contributed by atoms with Crippen LogP contribution in [0.2, 0.25) is 0 Å². The Morgan fingerprint density at radius 3 is 2.75 bits per heavy atom. The van der Waals surface area contributed by atoms with Crippen molar-refractivity contribution < 1.29 is 5.11 Å². The molecule has 0 amide bonds. The summed E-state index contributed by atoms with van der Waals surface area (Å²) in [6.07, 6.45) is -0.582. The van der Waals surface area contributed by atoms with Gasteiger partial charge in [0.1, 0.15) is 0 Å². The zero-order valence-electron chi connectivity index (χ0n) is 6.72. The molecule has 1 atom stereocenters. The van der Waals surface area contributed by atoms with Gasteiger partial charge in [0.15, 0.2) is 0 Å². The lowest BCUT2D eigenvalue weighted by Crippen LogP contribution is -1.99. The van der Waals surface area contributed by atoms with Crippen molar-refractivity contribution in [2.45, 2.75) is 13.0 Å². The number of rotatable bonds is 2. The highest BCUT2D eigenvalue weighted by atomic mass is 79.9. The van der Waals surface area contributed by atoms with Crippen LogP contribution >= 0.6 is 27.5 Å². The van der Waals surface area contributed by atoms with Crippen molar-refractivity contribution in [3.05, 3.63) is 33.8 Å². The monoisotopic (exact) mass is 248 g/mol. The number of hydrogen-bond donors (Lipinski definition) is 1. The largest absolute Gasteiger partial charge is 0.387 e. The van der Waals surface area contributed by atoms with Crippen molar-refractivity contribution in [3.63, 3.8) is 0 Å². The third-order valence-electron chi connectivity index (χ3n) is 1.66. The maximum Gasteiger partial charge on any atom is 0.0936 e. The van der Waals surface area contributed by atoms with Crippen LogP contribution in [0.15, 0.2) is 22.7 Å². The first kappa shape index (κ1) is 10.0. The molecule has 1 aromatic rings. The van der Waals surface area contributed by atoms with E-state index in [1.807, 2.05) is 25.1 Å². The summed E-state index contributed by atoms with van der Waals surface area (Å²) >= 11 is 8.90. The molecule has 0 saturated heterocycles. The number of aliphatic hydroxyl groups excluding tert-OH is 1. The number of benzene rings is 1. The van der Waals surface area contributed by atoms with Gasteiger partial charge in [-0.1, -0.05) is 28.1 Å². The molecule has 12 heavy (non-hydrogen) atoms. The Morgan fingerprint density at radius 2 is 2.25 bits per heavy atom. The predicted octanol–water partition coefficient (Wildman–Crippen LogP) is 3.03. The lowest BCUT2D eigenvalue weighted by Gasteiger charge is -2.09. The van der Waals surface area contributed by atoms with Crippen LogP contribution in [-0.2, 0) is 0 Å². The Hall–Kier alpha value is -0.0500. The zero-order valence-corrected chi connectivity index (χ0v) is 9.06. The first-order valence-electron chi connectivity index (χ1n) is 3.65. The van der Waals surface area contributed by atoms with E-state index in [4.69, 9.17) is 11.6 Å². The van der Waals surface area contributed by atoms with Crippen LogP contribution in [0.5, 0.6) is 0 Å². The molecule has 0 aliphatic carbocycles. The Labute approximate surface area is 85.5 Å². The minimum atomic E-state index is -0.582. The summed E-state index contributed by atoms with van der Waals surface area (Å²) in [6, 6.07) is 5.80. The van der Waals surface area contributed by atoms with Crippen molar-refractivity contribution in [2.24, 2.45) is 0 Å². The SMILES string of the molecule is Cc1ccc(C(O)CCl)c(Br)c1. The summed E-state index contributed by atoms with van der Waals surface area (Å²) in [6.45, 7) is 2.00.